The van der Waals surface area contributed by atoms with E-state index in [1.54, 1.807) is 0 Å². The molecule has 1 saturated carbocycles. The first-order chi connectivity index (χ1) is 6.72. The lowest BCUT2D eigenvalue weighted by Crippen LogP contribution is -2.36. The van der Waals surface area contributed by atoms with Crippen LogP contribution in [0.25, 0.3) is 0 Å². The Morgan fingerprint density at radius 1 is 1.43 bits per heavy atom. The first-order valence-corrected chi connectivity index (χ1v) is 5.69. The van der Waals surface area contributed by atoms with Crippen molar-refractivity contribution in [2.24, 2.45) is 11.8 Å². The minimum Gasteiger partial charge on any atom is -0.355 e. The first-order valence-electron chi connectivity index (χ1n) is 5.69. The fourth-order valence-electron chi connectivity index (χ4n) is 2.07. The molecule has 0 spiro atoms. The van der Waals surface area contributed by atoms with Gasteiger partial charge in [-0.2, -0.15) is 0 Å². The molecule has 0 aliphatic heterocycles. The van der Waals surface area contributed by atoms with E-state index < -0.39 is 0 Å². The van der Waals surface area contributed by atoms with Crippen molar-refractivity contribution >= 4 is 5.91 Å². The van der Waals surface area contributed by atoms with E-state index in [1.165, 1.54) is 19.3 Å². The van der Waals surface area contributed by atoms with Crippen LogP contribution in [0.1, 0.15) is 33.1 Å². The summed E-state index contributed by atoms with van der Waals surface area (Å²) in [5.41, 5.74) is 0. The van der Waals surface area contributed by atoms with E-state index in [0.29, 0.717) is 6.54 Å². The summed E-state index contributed by atoms with van der Waals surface area (Å²) in [7, 11) is 0. The Bertz CT molecular complexity index is 182. The average Bonchev–Trinajstić information content (AvgIpc) is 2.58. The van der Waals surface area contributed by atoms with Crippen molar-refractivity contribution in [3.63, 3.8) is 0 Å². The second-order valence-corrected chi connectivity index (χ2v) is 4.37. The van der Waals surface area contributed by atoms with Crippen molar-refractivity contribution in [1.29, 1.82) is 0 Å². The van der Waals surface area contributed by atoms with Crippen LogP contribution in [0, 0.1) is 11.8 Å². The molecule has 0 aromatic heterocycles. The number of rotatable bonds is 5. The minimum absolute atomic E-state index is 0.131. The molecule has 1 fully saturated rings. The molecule has 1 aliphatic rings. The second-order valence-electron chi connectivity index (χ2n) is 4.37. The van der Waals surface area contributed by atoms with Crippen LogP contribution < -0.4 is 10.6 Å². The standard InChI is InChI=1S/C11H22N2O/c1-3-12-8-11(14)13-7-10-5-4-9(2)6-10/h9-10,12H,3-8H2,1-2H3,(H,13,14). The van der Waals surface area contributed by atoms with Crippen molar-refractivity contribution in [3.8, 4) is 0 Å². The van der Waals surface area contributed by atoms with Gasteiger partial charge >= 0.3 is 0 Å². The van der Waals surface area contributed by atoms with Gasteiger partial charge in [-0.25, -0.2) is 0 Å². The van der Waals surface area contributed by atoms with Crippen LogP contribution in [0.4, 0.5) is 0 Å². The van der Waals surface area contributed by atoms with Crippen LogP contribution in [0.15, 0.2) is 0 Å². The average molecular weight is 198 g/mol. The number of nitrogens with one attached hydrogen (secondary N) is 2. The molecular formula is C11H22N2O. The van der Waals surface area contributed by atoms with Crippen molar-refractivity contribution in [3.05, 3.63) is 0 Å². The summed E-state index contributed by atoms with van der Waals surface area (Å²) < 4.78 is 0. The monoisotopic (exact) mass is 198 g/mol. The highest BCUT2D eigenvalue weighted by atomic mass is 16.1. The van der Waals surface area contributed by atoms with Gasteiger partial charge in [-0.15, -0.1) is 0 Å². The molecule has 3 nitrogen and oxygen atoms in total. The summed E-state index contributed by atoms with van der Waals surface area (Å²) >= 11 is 0. The van der Waals surface area contributed by atoms with Crippen LogP contribution in [0.2, 0.25) is 0 Å². The summed E-state index contributed by atoms with van der Waals surface area (Å²) in [4.78, 5) is 11.3. The topological polar surface area (TPSA) is 41.1 Å². The van der Waals surface area contributed by atoms with Gasteiger partial charge in [0.25, 0.3) is 0 Å². The Balaban J connectivity index is 2.05. The van der Waals surface area contributed by atoms with E-state index in [4.69, 9.17) is 0 Å². The zero-order chi connectivity index (χ0) is 10.4. The van der Waals surface area contributed by atoms with Crippen molar-refractivity contribution in [1.82, 2.24) is 10.6 Å². The molecule has 0 radical (unpaired) electrons. The molecule has 1 aliphatic carbocycles. The molecule has 2 atom stereocenters. The maximum atomic E-state index is 11.3. The molecule has 2 N–H and O–H groups in total. The fourth-order valence-corrected chi connectivity index (χ4v) is 2.07. The second kappa shape index (κ2) is 6.02. The van der Waals surface area contributed by atoms with Crippen LogP contribution in [-0.2, 0) is 4.79 Å². The summed E-state index contributed by atoms with van der Waals surface area (Å²) in [5.74, 6) is 1.70. The summed E-state index contributed by atoms with van der Waals surface area (Å²) in [5, 5.41) is 6.00. The third kappa shape index (κ3) is 4.09. The zero-order valence-electron chi connectivity index (χ0n) is 9.31. The normalized spacial score (nSPS) is 26.4. The van der Waals surface area contributed by atoms with Crippen molar-refractivity contribution in [2.45, 2.75) is 33.1 Å². The van der Waals surface area contributed by atoms with E-state index in [-0.39, 0.29) is 5.91 Å². The summed E-state index contributed by atoms with van der Waals surface area (Å²) in [6.07, 6.45) is 3.89. The molecule has 3 heteroatoms. The smallest absolute Gasteiger partial charge is 0.233 e. The van der Waals surface area contributed by atoms with Gasteiger partial charge < -0.3 is 10.6 Å². The van der Waals surface area contributed by atoms with E-state index in [1.807, 2.05) is 6.92 Å². The van der Waals surface area contributed by atoms with Gasteiger partial charge in [-0.3, -0.25) is 4.79 Å². The van der Waals surface area contributed by atoms with E-state index in [9.17, 15) is 4.79 Å². The van der Waals surface area contributed by atoms with Crippen LogP contribution in [-0.4, -0.2) is 25.5 Å². The molecule has 14 heavy (non-hydrogen) atoms. The third-order valence-corrected chi connectivity index (χ3v) is 2.93. The largest absolute Gasteiger partial charge is 0.355 e. The Labute approximate surface area is 86.6 Å². The number of carbonyl (C=O) groups is 1. The van der Waals surface area contributed by atoms with Gasteiger partial charge in [-0.05, 0) is 31.2 Å². The molecule has 0 saturated heterocycles. The van der Waals surface area contributed by atoms with Crippen LogP contribution >= 0.6 is 0 Å². The molecule has 82 valence electrons. The molecule has 2 unspecified atom stereocenters. The van der Waals surface area contributed by atoms with Crippen molar-refractivity contribution < 1.29 is 4.79 Å². The third-order valence-electron chi connectivity index (χ3n) is 2.93. The summed E-state index contributed by atoms with van der Waals surface area (Å²) in [6.45, 7) is 6.48. The summed E-state index contributed by atoms with van der Waals surface area (Å²) in [6, 6.07) is 0. The number of hydrogen-bond acceptors (Lipinski definition) is 2. The van der Waals surface area contributed by atoms with Gasteiger partial charge in [0.05, 0.1) is 6.54 Å². The number of carbonyl (C=O) groups excluding carboxylic acids is 1. The number of amides is 1. The maximum absolute atomic E-state index is 11.3. The number of hydrogen-bond donors (Lipinski definition) is 2. The molecule has 1 amide bonds. The molecule has 0 aromatic carbocycles. The molecule has 1 rings (SSSR count). The highest BCUT2D eigenvalue weighted by Crippen LogP contribution is 2.29. The van der Waals surface area contributed by atoms with Crippen LogP contribution in [0.3, 0.4) is 0 Å². The zero-order valence-corrected chi connectivity index (χ0v) is 9.31. The maximum Gasteiger partial charge on any atom is 0.233 e. The molecule has 0 bridgehead atoms. The predicted molar refractivity (Wildman–Crippen MR) is 58.1 cm³/mol. The highest BCUT2D eigenvalue weighted by molar-refractivity contribution is 5.77. The Hall–Kier alpha value is -0.570. The Kier molecular flexibility index (Phi) is 4.94. The lowest BCUT2D eigenvalue weighted by Gasteiger charge is -2.11. The first kappa shape index (κ1) is 11.5. The minimum atomic E-state index is 0.131. The quantitative estimate of drug-likeness (QED) is 0.696. The Morgan fingerprint density at radius 2 is 2.21 bits per heavy atom. The van der Waals surface area contributed by atoms with E-state index >= 15 is 0 Å². The van der Waals surface area contributed by atoms with Gasteiger partial charge in [0, 0.05) is 6.54 Å². The Morgan fingerprint density at radius 3 is 2.79 bits per heavy atom. The van der Waals surface area contributed by atoms with Gasteiger partial charge in [0.15, 0.2) is 0 Å². The van der Waals surface area contributed by atoms with E-state index in [2.05, 4.69) is 17.6 Å². The van der Waals surface area contributed by atoms with Gasteiger partial charge in [0.1, 0.15) is 0 Å². The van der Waals surface area contributed by atoms with E-state index in [0.717, 1.165) is 24.9 Å². The molecular weight excluding hydrogens is 176 g/mol. The SMILES string of the molecule is CCNCC(=O)NCC1CCC(C)C1. The highest BCUT2D eigenvalue weighted by Gasteiger charge is 2.21. The van der Waals surface area contributed by atoms with Gasteiger partial charge in [0.2, 0.25) is 5.91 Å². The lowest BCUT2D eigenvalue weighted by atomic mass is 10.1. The number of likely N-dealkylation sites (N-methyl/N-ethyl adjacent to an activating group) is 1. The van der Waals surface area contributed by atoms with Gasteiger partial charge in [-0.1, -0.05) is 20.3 Å². The fraction of sp³-hybridized carbons (Fsp3) is 0.909. The van der Waals surface area contributed by atoms with Crippen molar-refractivity contribution in [2.75, 3.05) is 19.6 Å². The molecule has 0 aromatic rings. The predicted octanol–water partition coefficient (Wildman–Crippen LogP) is 1.15. The van der Waals surface area contributed by atoms with Crippen LogP contribution in [0.5, 0.6) is 0 Å². The lowest BCUT2D eigenvalue weighted by molar-refractivity contribution is -0.120. The molecule has 0 heterocycles.